The van der Waals surface area contributed by atoms with Crippen LogP contribution in [0, 0.1) is 63.1 Å². The van der Waals surface area contributed by atoms with Gasteiger partial charge in [-0.25, -0.2) is 0 Å². The fourth-order valence-corrected chi connectivity index (χ4v) is 5.73. The molecule has 7 heteroatoms. The normalized spacial score (nSPS) is 31.9. The third-order valence-corrected chi connectivity index (χ3v) is 7.08. The predicted octanol–water partition coefficient (Wildman–Crippen LogP) is 4.56. The van der Waals surface area contributed by atoms with Crippen molar-refractivity contribution in [3.05, 3.63) is 57.8 Å². The van der Waals surface area contributed by atoms with Crippen LogP contribution < -0.4 is 0 Å². The van der Waals surface area contributed by atoms with Gasteiger partial charge in [0.25, 0.3) is 0 Å². The molecule has 2 fully saturated rings. The Hall–Kier alpha value is -3.18. The highest BCUT2D eigenvalue weighted by atomic mass is 32.1. The lowest BCUT2D eigenvalue weighted by molar-refractivity contribution is -0.292. The fraction of sp³-hybridized carbons (Fsp3) is 0.364. The number of rotatable bonds is 3. The van der Waals surface area contributed by atoms with Crippen LogP contribution in [0.4, 0.5) is 0 Å². The largest absolute Gasteiger partial charge is 0.443 e. The lowest BCUT2D eigenvalue weighted by Gasteiger charge is -2.49. The Balaban J connectivity index is 2.07. The number of hydrogen-bond donors (Lipinski definition) is 1. The molecular formula is C22H18N4O2S. The molecule has 1 N–H and O–H groups in total. The topological polar surface area (TPSA) is 114 Å². The van der Waals surface area contributed by atoms with Gasteiger partial charge in [0.1, 0.15) is 6.10 Å². The van der Waals surface area contributed by atoms with Gasteiger partial charge in [-0.05, 0) is 25.5 Å². The zero-order chi connectivity index (χ0) is 20.9. The number of fused-ring (bicyclic) bond motifs is 2. The summed E-state index contributed by atoms with van der Waals surface area (Å²) in [6.07, 6.45) is -0.631. The molecule has 4 rings (SSSR count). The van der Waals surface area contributed by atoms with Crippen LogP contribution in [0.5, 0.6) is 0 Å². The number of benzene rings is 1. The Morgan fingerprint density at radius 1 is 1.07 bits per heavy atom. The molecule has 0 saturated carbocycles. The van der Waals surface area contributed by atoms with Gasteiger partial charge in [0.15, 0.2) is 5.41 Å². The van der Waals surface area contributed by atoms with Crippen LogP contribution in [0.2, 0.25) is 0 Å². The van der Waals surface area contributed by atoms with Gasteiger partial charge in [0, 0.05) is 15.3 Å². The molecule has 1 aromatic carbocycles. The van der Waals surface area contributed by atoms with E-state index in [1.807, 2.05) is 56.3 Å². The first kappa shape index (κ1) is 19.2. The molecule has 2 aliphatic heterocycles. The van der Waals surface area contributed by atoms with Crippen LogP contribution in [-0.4, -0.2) is 5.90 Å². The van der Waals surface area contributed by atoms with Crippen LogP contribution in [0.15, 0.2) is 42.5 Å². The minimum Gasteiger partial charge on any atom is -0.443 e. The molecule has 2 aliphatic rings. The summed E-state index contributed by atoms with van der Waals surface area (Å²) >= 11 is 1.41. The van der Waals surface area contributed by atoms with Crippen molar-refractivity contribution in [2.45, 2.75) is 32.2 Å². The summed E-state index contributed by atoms with van der Waals surface area (Å²) < 4.78 is 12.5. The molecule has 0 spiro atoms. The average Bonchev–Trinajstić information content (AvgIpc) is 3.26. The molecule has 2 aromatic rings. The lowest BCUT2D eigenvalue weighted by Crippen LogP contribution is -2.58. The Morgan fingerprint density at radius 2 is 1.76 bits per heavy atom. The number of nitrogens with zero attached hydrogens (tertiary/aromatic N) is 3. The fourth-order valence-electron chi connectivity index (χ4n) is 4.75. The quantitative estimate of drug-likeness (QED) is 0.808. The number of nitriles is 3. The van der Waals surface area contributed by atoms with E-state index in [1.54, 1.807) is 0 Å². The summed E-state index contributed by atoms with van der Waals surface area (Å²) in [5.41, 5.74) is -3.00. The van der Waals surface area contributed by atoms with Gasteiger partial charge in [0.2, 0.25) is 17.1 Å². The summed E-state index contributed by atoms with van der Waals surface area (Å²) in [6, 6.07) is 19.2. The number of ether oxygens (including phenoxy) is 2. The maximum Gasteiger partial charge on any atom is 0.244 e. The minimum absolute atomic E-state index is 0.380. The van der Waals surface area contributed by atoms with Gasteiger partial charge in [-0.15, -0.1) is 11.3 Å². The zero-order valence-electron chi connectivity index (χ0n) is 16.0. The van der Waals surface area contributed by atoms with Crippen LogP contribution in [0.25, 0.3) is 0 Å². The standard InChI is InChI=1S/C22H18N4O2S/c1-3-17-21(13-25)19(26)28-22(17,15-7-5-4-6-8-15)27-18(20(21,11-23)12-24)16-10-9-14(2)29-16/h4-10,17-18,26H,3H2,1-2H3. The van der Waals surface area contributed by atoms with Crippen LogP contribution in [-0.2, 0) is 15.3 Å². The SMILES string of the molecule is CCC1C2(c3ccccc3)OC(=N)C1(C#N)C(C#N)(C#N)C(c1ccc(C)s1)O2. The van der Waals surface area contributed by atoms with Crippen molar-refractivity contribution in [3.63, 3.8) is 0 Å². The molecule has 0 amide bonds. The summed E-state index contributed by atoms with van der Waals surface area (Å²) in [5, 5.41) is 39.4. The second kappa shape index (κ2) is 6.42. The van der Waals surface area contributed by atoms with Gasteiger partial charge >= 0.3 is 0 Å². The molecular weight excluding hydrogens is 384 g/mol. The van der Waals surface area contributed by atoms with Crippen molar-refractivity contribution < 1.29 is 9.47 Å². The smallest absolute Gasteiger partial charge is 0.244 e. The lowest BCUT2D eigenvalue weighted by atomic mass is 9.53. The van der Waals surface area contributed by atoms with Gasteiger partial charge < -0.3 is 9.47 Å². The Bertz CT molecular complexity index is 1090. The van der Waals surface area contributed by atoms with E-state index in [1.165, 1.54) is 11.3 Å². The maximum atomic E-state index is 10.3. The highest BCUT2D eigenvalue weighted by Crippen LogP contribution is 2.70. The minimum atomic E-state index is -1.91. The van der Waals surface area contributed by atoms with E-state index in [0.717, 1.165) is 4.88 Å². The third-order valence-electron chi connectivity index (χ3n) is 6.03. The molecule has 2 bridgehead atoms. The van der Waals surface area contributed by atoms with Crippen LogP contribution in [0.3, 0.4) is 0 Å². The Morgan fingerprint density at radius 3 is 2.28 bits per heavy atom. The Kier molecular flexibility index (Phi) is 4.24. The van der Waals surface area contributed by atoms with Crippen molar-refractivity contribution in [1.29, 1.82) is 21.2 Å². The van der Waals surface area contributed by atoms with E-state index < -0.39 is 28.6 Å². The van der Waals surface area contributed by atoms with Gasteiger partial charge in [-0.2, -0.15) is 15.8 Å². The van der Waals surface area contributed by atoms with Crippen LogP contribution in [0.1, 0.15) is 34.8 Å². The first-order valence-corrected chi connectivity index (χ1v) is 10.1. The Labute approximate surface area is 173 Å². The van der Waals surface area contributed by atoms with E-state index in [4.69, 9.17) is 14.9 Å². The molecule has 0 aliphatic carbocycles. The summed E-state index contributed by atoms with van der Waals surface area (Å²) in [5.74, 6) is -2.48. The number of thiophene rings is 1. The predicted molar refractivity (Wildman–Crippen MR) is 105 cm³/mol. The molecule has 144 valence electrons. The molecule has 29 heavy (non-hydrogen) atoms. The van der Waals surface area contributed by atoms with Crippen molar-refractivity contribution in [1.82, 2.24) is 0 Å². The highest BCUT2D eigenvalue weighted by Gasteiger charge is 2.80. The molecule has 2 saturated heterocycles. The molecule has 1 aromatic heterocycles. The van der Waals surface area contributed by atoms with E-state index in [-0.39, 0.29) is 5.90 Å². The average molecular weight is 402 g/mol. The monoisotopic (exact) mass is 402 g/mol. The first-order valence-electron chi connectivity index (χ1n) is 9.27. The third kappa shape index (κ3) is 2.13. The van der Waals surface area contributed by atoms with Gasteiger partial charge in [0.05, 0.1) is 24.1 Å². The van der Waals surface area contributed by atoms with Crippen molar-refractivity contribution >= 4 is 17.2 Å². The summed E-state index contributed by atoms with van der Waals surface area (Å²) in [6.45, 7) is 3.78. The molecule has 3 heterocycles. The second-order valence-corrected chi connectivity index (χ2v) is 8.64. The van der Waals surface area contributed by atoms with Gasteiger partial charge in [-0.1, -0.05) is 37.3 Å². The molecule has 4 unspecified atom stereocenters. The summed E-state index contributed by atoms with van der Waals surface area (Å²) in [7, 11) is 0. The molecule has 4 atom stereocenters. The van der Waals surface area contributed by atoms with Gasteiger partial charge in [-0.3, -0.25) is 5.41 Å². The van der Waals surface area contributed by atoms with E-state index in [9.17, 15) is 15.8 Å². The van der Waals surface area contributed by atoms with Crippen molar-refractivity contribution in [2.75, 3.05) is 0 Å². The molecule has 6 nitrogen and oxygen atoms in total. The highest BCUT2D eigenvalue weighted by molar-refractivity contribution is 7.12. The maximum absolute atomic E-state index is 10.3. The van der Waals surface area contributed by atoms with E-state index in [0.29, 0.717) is 16.9 Å². The number of nitrogens with one attached hydrogen (secondary N) is 1. The van der Waals surface area contributed by atoms with Crippen LogP contribution >= 0.6 is 11.3 Å². The molecule has 0 radical (unpaired) electrons. The van der Waals surface area contributed by atoms with Crippen molar-refractivity contribution in [3.8, 4) is 18.2 Å². The first-order chi connectivity index (χ1) is 14.0. The van der Waals surface area contributed by atoms with Crippen molar-refractivity contribution in [2.24, 2.45) is 16.7 Å². The second-order valence-electron chi connectivity index (χ2n) is 7.32. The number of hydrogen-bond acceptors (Lipinski definition) is 7. The zero-order valence-corrected chi connectivity index (χ0v) is 16.8. The summed E-state index contributed by atoms with van der Waals surface area (Å²) in [4.78, 5) is 1.66. The number of aryl methyl sites for hydroxylation is 1. The van der Waals surface area contributed by atoms with E-state index >= 15 is 0 Å². The van der Waals surface area contributed by atoms with E-state index in [2.05, 4.69) is 18.2 Å².